The second-order valence-electron chi connectivity index (χ2n) is 10.6. The number of furan rings is 1. The molecule has 0 aliphatic carbocycles. The molecule has 0 fully saturated rings. The standard InChI is InChI=1S/2C11H16O.C6H6O.2ClH.Ti/c2*1-8-5-6-10(12)9(7-8)11(2,3)4;1-5-3-4-6(2)7-5;;;/h2*5-7,12H,1-4H3;1,3-4H,2H3;2*1H;/q;;;;;+2/p-2. The molecular formula is C28H38Cl2O3Ti. The third kappa shape index (κ3) is 8.02. The fraction of sp³-hybridized carbons (Fsp3) is 0.393. The summed E-state index contributed by atoms with van der Waals surface area (Å²) >= 11 is -2.69. The van der Waals surface area contributed by atoms with Crippen molar-refractivity contribution >= 4 is 29.1 Å². The van der Waals surface area contributed by atoms with E-state index in [0.717, 1.165) is 23.0 Å². The van der Waals surface area contributed by atoms with E-state index >= 15 is 0 Å². The molecule has 0 N–H and O–H groups in total. The zero-order valence-corrected chi connectivity index (χ0v) is 24.9. The molecule has 186 valence electrons. The molecule has 34 heavy (non-hydrogen) atoms. The van der Waals surface area contributed by atoms with Gasteiger partial charge in [0.15, 0.2) is 0 Å². The Balaban J connectivity index is 0.00000289. The van der Waals surface area contributed by atoms with Gasteiger partial charge < -0.3 is 0 Å². The van der Waals surface area contributed by atoms with Crippen molar-refractivity contribution in [2.45, 2.75) is 73.1 Å². The molecule has 0 saturated heterocycles. The minimum absolute atomic E-state index is 0. The second-order valence-corrected chi connectivity index (χ2v) is 12.7. The predicted octanol–water partition coefficient (Wildman–Crippen LogP) is 8.40. The molecule has 0 spiro atoms. The molecule has 0 unspecified atom stereocenters. The van der Waals surface area contributed by atoms with Gasteiger partial charge in [-0.2, -0.15) is 0 Å². The van der Waals surface area contributed by atoms with Crippen molar-refractivity contribution in [3.05, 3.63) is 82.3 Å². The van der Waals surface area contributed by atoms with Crippen molar-refractivity contribution < 1.29 is 29.2 Å². The van der Waals surface area contributed by atoms with Crippen LogP contribution in [0.15, 0.2) is 52.9 Å². The van der Waals surface area contributed by atoms with Crippen LogP contribution in [0.5, 0.6) is 11.5 Å². The maximum absolute atomic E-state index is 6.67. The zero-order chi connectivity index (χ0) is 23.7. The van der Waals surface area contributed by atoms with E-state index < -0.39 is 18.2 Å². The third-order valence-corrected chi connectivity index (χ3v) is 7.46. The van der Waals surface area contributed by atoms with Crippen molar-refractivity contribution in [3.63, 3.8) is 0 Å². The summed E-state index contributed by atoms with van der Waals surface area (Å²) in [6.45, 7) is 19.5. The Hall–Kier alpha value is -1.52. The maximum atomic E-state index is 6.67. The summed E-state index contributed by atoms with van der Waals surface area (Å²) in [6.07, 6.45) is 0. The minimum atomic E-state index is -2.69. The van der Waals surface area contributed by atoms with Crippen LogP contribution in [0.25, 0.3) is 0 Å². The van der Waals surface area contributed by atoms with E-state index in [1.54, 1.807) is 0 Å². The Morgan fingerprint density at radius 1 is 0.676 bits per heavy atom. The van der Waals surface area contributed by atoms with Gasteiger partial charge in [0, 0.05) is 0 Å². The summed E-state index contributed by atoms with van der Waals surface area (Å²) in [5.74, 6) is 3.46. The van der Waals surface area contributed by atoms with E-state index in [4.69, 9.17) is 11.1 Å². The molecule has 3 nitrogen and oxygen atoms in total. The van der Waals surface area contributed by atoms with Crippen molar-refractivity contribution in [1.29, 1.82) is 0 Å². The molecule has 0 saturated carbocycles. The number of aryl methyl sites for hydroxylation is 3. The first-order chi connectivity index (χ1) is 14.8. The average molecular weight is 541 g/mol. The Morgan fingerprint density at radius 3 is 1.47 bits per heavy atom. The number of hydrogen-bond donors (Lipinski definition) is 0. The van der Waals surface area contributed by atoms with Crippen LogP contribution in [-0.2, 0) is 29.0 Å². The fourth-order valence-corrected chi connectivity index (χ4v) is 5.67. The molecule has 1 aromatic heterocycles. The summed E-state index contributed by atoms with van der Waals surface area (Å²) in [7, 11) is 0. The quantitative estimate of drug-likeness (QED) is 0.304. The minimum Gasteiger partial charge on any atom is -0.147 e. The third-order valence-electron chi connectivity index (χ3n) is 5.33. The molecule has 0 amide bonds. The first-order valence-corrected chi connectivity index (χ1v) is 13.4. The van der Waals surface area contributed by atoms with Gasteiger partial charge >= 0.3 is 200 Å². The summed E-state index contributed by atoms with van der Waals surface area (Å²) in [5, 5.41) is 0. The van der Waals surface area contributed by atoms with Crippen LogP contribution in [-0.4, -0.2) is 4.31 Å². The fourth-order valence-electron chi connectivity index (χ4n) is 3.58. The van der Waals surface area contributed by atoms with E-state index in [0.29, 0.717) is 0 Å². The smallest absolute Gasteiger partial charge is 0.147 e. The van der Waals surface area contributed by atoms with Crippen LogP contribution in [0.3, 0.4) is 0 Å². The molecule has 0 atom stereocenters. The van der Waals surface area contributed by atoms with Gasteiger partial charge in [-0.05, 0) is 0 Å². The van der Waals surface area contributed by atoms with E-state index in [-0.39, 0.29) is 35.6 Å². The molecule has 6 heteroatoms. The molecule has 1 heterocycles. The molecule has 0 radical (unpaired) electrons. The molecule has 3 aromatic rings. The molecule has 2 aromatic carbocycles. The Bertz CT molecular complexity index is 1070. The maximum Gasteiger partial charge on any atom is -0.147 e. The zero-order valence-electron chi connectivity index (χ0n) is 21.7. The van der Waals surface area contributed by atoms with E-state index in [1.807, 2.05) is 19.1 Å². The largest absolute Gasteiger partial charge is 0.147 e. The van der Waals surface area contributed by atoms with Gasteiger partial charge in [-0.25, -0.2) is 0 Å². The second kappa shape index (κ2) is 11.9. The molecule has 0 aliphatic rings. The molecule has 3 rings (SSSR count). The monoisotopic (exact) mass is 540 g/mol. The Morgan fingerprint density at radius 2 is 1.12 bits per heavy atom. The Kier molecular flexibility index (Phi) is 10.7. The number of benzene rings is 2. The van der Waals surface area contributed by atoms with Crippen molar-refractivity contribution in [2.24, 2.45) is 0 Å². The van der Waals surface area contributed by atoms with Crippen molar-refractivity contribution in [2.75, 3.05) is 0 Å². The summed E-state index contributed by atoms with van der Waals surface area (Å²) in [5.41, 5.74) is 4.76. The van der Waals surface area contributed by atoms with Gasteiger partial charge in [0.05, 0.1) is 0 Å². The molecule has 0 aliphatic heterocycles. The van der Waals surface area contributed by atoms with E-state index in [9.17, 15) is 0 Å². The van der Waals surface area contributed by atoms with Crippen molar-refractivity contribution in [3.8, 4) is 11.5 Å². The Labute approximate surface area is 224 Å². The van der Waals surface area contributed by atoms with Gasteiger partial charge in [-0.3, -0.25) is 0 Å². The van der Waals surface area contributed by atoms with Gasteiger partial charge in [0.25, 0.3) is 0 Å². The van der Waals surface area contributed by atoms with Crippen LogP contribution >= 0.6 is 24.8 Å². The number of rotatable bonds is 5. The van der Waals surface area contributed by atoms with Gasteiger partial charge in [-0.15, -0.1) is 24.8 Å². The SMILES string of the molecule is Cc1ccc([O][Ti](=[CH]c2ccc(C)o2)[O]c2ccc(C)cc2C(C)(C)C)c(C(C)(C)C)c1.Cl.Cl. The first-order valence-electron chi connectivity index (χ1n) is 11.2. The first kappa shape index (κ1) is 30.5. The van der Waals surface area contributed by atoms with Crippen LogP contribution in [0.4, 0.5) is 0 Å². The molecular weight excluding hydrogens is 503 g/mol. The van der Waals surface area contributed by atoms with Crippen LogP contribution < -0.4 is 6.64 Å². The van der Waals surface area contributed by atoms with Gasteiger partial charge in [0.2, 0.25) is 0 Å². The summed E-state index contributed by atoms with van der Waals surface area (Å²) < 4.78 is 21.3. The normalized spacial score (nSPS) is 11.2. The topological polar surface area (TPSA) is 31.6 Å². The van der Waals surface area contributed by atoms with Crippen molar-refractivity contribution in [1.82, 2.24) is 0 Å². The predicted molar refractivity (Wildman–Crippen MR) is 144 cm³/mol. The van der Waals surface area contributed by atoms with E-state index in [1.165, 1.54) is 22.3 Å². The summed E-state index contributed by atoms with van der Waals surface area (Å²) in [4.78, 5) is 0. The summed E-state index contributed by atoms with van der Waals surface area (Å²) in [6, 6.07) is 16.7. The van der Waals surface area contributed by atoms with Gasteiger partial charge in [-0.1, -0.05) is 0 Å². The van der Waals surface area contributed by atoms with Crippen LogP contribution in [0.2, 0.25) is 0 Å². The van der Waals surface area contributed by atoms with E-state index in [2.05, 4.69) is 96.1 Å². The van der Waals surface area contributed by atoms with Gasteiger partial charge in [0.1, 0.15) is 0 Å². The average Bonchev–Trinajstić information content (AvgIpc) is 3.07. The number of halogens is 2. The van der Waals surface area contributed by atoms with Crippen LogP contribution in [0, 0.1) is 20.8 Å². The van der Waals surface area contributed by atoms with Crippen LogP contribution in [0.1, 0.15) is 75.3 Å². The number of hydrogen-bond acceptors (Lipinski definition) is 3. The molecule has 0 bridgehead atoms.